The highest BCUT2D eigenvalue weighted by Crippen LogP contribution is 2.44. The predicted octanol–water partition coefficient (Wildman–Crippen LogP) is -0.542. The van der Waals surface area contributed by atoms with Crippen LogP contribution in [0.15, 0.2) is 0 Å². The summed E-state index contributed by atoms with van der Waals surface area (Å²) in [6.45, 7) is -3.17. The molecule has 0 amide bonds. The average Bonchev–Trinajstić information content (AvgIpc) is 1.49. The van der Waals surface area contributed by atoms with Crippen LogP contribution in [0, 0.1) is 0 Å². The van der Waals surface area contributed by atoms with Crippen LogP contribution in [0.5, 0.6) is 0 Å². The molecule has 0 heterocycles. The number of rotatable bonds is 4. The van der Waals surface area contributed by atoms with Gasteiger partial charge in [-0.25, -0.2) is 18.2 Å². The van der Waals surface area contributed by atoms with Crippen LogP contribution in [0.25, 0.3) is 0 Å². The second-order valence-corrected chi connectivity index (χ2v) is 3.85. The number of alkyl halides is 1. The third-order valence-corrected chi connectivity index (χ3v) is 1.32. The summed E-state index contributed by atoms with van der Waals surface area (Å²) in [6.07, 6.45) is 0. The SMILES string of the molecule is O=P(O)(O)OC(F)OP(=O)(O)O. The second-order valence-electron chi connectivity index (χ2n) is 1.47. The Hall–Kier alpha value is 0.150. The Kier molecular flexibility index (Phi) is 3.95. The van der Waals surface area contributed by atoms with E-state index in [0.717, 1.165) is 0 Å². The smallest absolute Gasteiger partial charge is 0.303 e. The van der Waals surface area contributed by atoms with Gasteiger partial charge >= 0.3 is 22.2 Å². The Bertz CT molecular complexity index is 201. The van der Waals surface area contributed by atoms with Crippen molar-refractivity contribution in [1.29, 1.82) is 0 Å². The number of phosphoric acid groups is 2. The van der Waals surface area contributed by atoms with Gasteiger partial charge in [0.2, 0.25) is 0 Å². The van der Waals surface area contributed by atoms with Crippen LogP contribution in [0.2, 0.25) is 0 Å². The summed E-state index contributed by atoms with van der Waals surface area (Å²) in [5, 5.41) is 0. The van der Waals surface area contributed by atoms with Crippen molar-refractivity contribution in [3.63, 3.8) is 0 Å². The zero-order chi connectivity index (χ0) is 9.99. The largest absolute Gasteiger partial charge is 0.473 e. The van der Waals surface area contributed by atoms with Gasteiger partial charge in [-0.15, -0.1) is 0 Å². The van der Waals surface area contributed by atoms with E-state index in [-0.39, 0.29) is 0 Å². The molecule has 11 heteroatoms. The van der Waals surface area contributed by atoms with E-state index >= 15 is 0 Å². The van der Waals surface area contributed by atoms with Gasteiger partial charge in [-0.1, -0.05) is 0 Å². The van der Waals surface area contributed by atoms with Crippen molar-refractivity contribution in [2.24, 2.45) is 0 Å². The molecular weight excluding hydrogens is 221 g/mol. The normalized spacial score (nSPS) is 13.8. The summed E-state index contributed by atoms with van der Waals surface area (Å²) >= 11 is 0. The molecule has 0 unspecified atom stereocenters. The van der Waals surface area contributed by atoms with E-state index in [9.17, 15) is 13.5 Å². The highest BCUT2D eigenvalue weighted by atomic mass is 31.2. The first kappa shape index (κ1) is 12.2. The maximum Gasteiger partial charge on any atom is 0.473 e. The van der Waals surface area contributed by atoms with Gasteiger partial charge in [0, 0.05) is 0 Å². The second kappa shape index (κ2) is 3.91. The van der Waals surface area contributed by atoms with Crippen LogP contribution in [-0.4, -0.2) is 26.1 Å². The summed E-state index contributed by atoms with van der Waals surface area (Å²) < 4.78 is 37.8. The van der Waals surface area contributed by atoms with E-state index in [1.807, 2.05) is 0 Å². The molecule has 0 saturated carbocycles. The first-order valence-electron chi connectivity index (χ1n) is 2.22. The molecule has 0 atom stereocenters. The molecule has 0 spiro atoms. The summed E-state index contributed by atoms with van der Waals surface area (Å²) in [5.74, 6) is 0. The van der Waals surface area contributed by atoms with Gasteiger partial charge in [-0.05, 0) is 0 Å². The molecule has 8 nitrogen and oxygen atoms in total. The van der Waals surface area contributed by atoms with Crippen LogP contribution >= 0.6 is 15.6 Å². The van der Waals surface area contributed by atoms with Crippen LogP contribution in [0.4, 0.5) is 4.39 Å². The van der Waals surface area contributed by atoms with Crippen molar-refractivity contribution in [2.75, 3.05) is 0 Å². The predicted molar refractivity (Wildman–Crippen MR) is 31.2 cm³/mol. The minimum atomic E-state index is -5.15. The summed E-state index contributed by atoms with van der Waals surface area (Å²) in [6, 6.07) is 0. The van der Waals surface area contributed by atoms with Crippen molar-refractivity contribution in [3.05, 3.63) is 0 Å². The van der Waals surface area contributed by atoms with E-state index in [4.69, 9.17) is 19.6 Å². The Morgan fingerprint density at radius 1 is 1.00 bits per heavy atom. The standard InChI is InChI=1S/CH5FO8P2/c2-1(9-11(3,4)5)10-12(6,7)8/h1H,(H2,3,4,5)(H2,6,7,8). The summed E-state index contributed by atoms with van der Waals surface area (Å²) in [7, 11) is -10.3. The highest BCUT2D eigenvalue weighted by Gasteiger charge is 2.28. The minimum Gasteiger partial charge on any atom is -0.303 e. The van der Waals surface area contributed by atoms with Crippen LogP contribution < -0.4 is 0 Å². The third-order valence-electron chi connectivity index (χ3n) is 0.440. The van der Waals surface area contributed by atoms with Gasteiger partial charge in [-0.3, -0.25) is 0 Å². The number of hydrogen-bond donors (Lipinski definition) is 4. The van der Waals surface area contributed by atoms with Crippen molar-refractivity contribution in [3.8, 4) is 0 Å². The molecule has 0 aromatic heterocycles. The van der Waals surface area contributed by atoms with Crippen LogP contribution in [0.3, 0.4) is 0 Å². The first-order valence-corrected chi connectivity index (χ1v) is 5.28. The summed E-state index contributed by atoms with van der Waals surface area (Å²) in [4.78, 5) is 31.6. The van der Waals surface area contributed by atoms with Crippen LogP contribution in [-0.2, 0) is 18.2 Å². The molecule has 0 saturated heterocycles. The first-order chi connectivity index (χ1) is 5.10. The maximum atomic E-state index is 12.0. The van der Waals surface area contributed by atoms with Crippen molar-refractivity contribution in [2.45, 2.75) is 6.54 Å². The Balaban J connectivity index is 4.00. The lowest BCUT2D eigenvalue weighted by Crippen LogP contribution is -2.07. The van der Waals surface area contributed by atoms with Gasteiger partial charge in [0.25, 0.3) is 0 Å². The summed E-state index contributed by atoms with van der Waals surface area (Å²) in [5.41, 5.74) is 0. The molecular formula is CH5FO8P2. The molecule has 0 aromatic carbocycles. The van der Waals surface area contributed by atoms with Gasteiger partial charge < -0.3 is 19.6 Å². The lowest BCUT2D eigenvalue weighted by Gasteiger charge is -2.10. The van der Waals surface area contributed by atoms with E-state index in [2.05, 4.69) is 9.05 Å². The van der Waals surface area contributed by atoms with Gasteiger partial charge in [0.1, 0.15) is 0 Å². The topological polar surface area (TPSA) is 134 Å². The fourth-order valence-corrected chi connectivity index (χ4v) is 0.821. The molecule has 74 valence electrons. The third kappa shape index (κ3) is 8.25. The fraction of sp³-hybridized carbons (Fsp3) is 1.00. The van der Waals surface area contributed by atoms with E-state index in [1.165, 1.54) is 0 Å². The Morgan fingerprint density at radius 2 is 1.25 bits per heavy atom. The monoisotopic (exact) mass is 226 g/mol. The van der Waals surface area contributed by atoms with E-state index < -0.39 is 22.2 Å². The van der Waals surface area contributed by atoms with Crippen LogP contribution in [0.1, 0.15) is 0 Å². The minimum absolute atomic E-state index is 3.10. The van der Waals surface area contributed by atoms with Gasteiger partial charge in [0.15, 0.2) is 0 Å². The number of hydrogen-bond acceptors (Lipinski definition) is 4. The number of halogens is 1. The molecule has 4 N–H and O–H groups in total. The van der Waals surface area contributed by atoms with Crippen molar-refractivity contribution in [1.82, 2.24) is 0 Å². The molecule has 0 aromatic rings. The molecule has 12 heavy (non-hydrogen) atoms. The molecule has 0 rings (SSSR count). The Morgan fingerprint density at radius 3 is 1.42 bits per heavy atom. The fourth-order valence-electron chi connectivity index (χ4n) is 0.235. The molecule has 0 aliphatic carbocycles. The molecule has 0 bridgehead atoms. The van der Waals surface area contributed by atoms with Gasteiger partial charge in [0.05, 0.1) is 0 Å². The van der Waals surface area contributed by atoms with E-state index in [0.29, 0.717) is 0 Å². The lowest BCUT2D eigenvalue weighted by atomic mass is 11.4. The average molecular weight is 226 g/mol. The Labute approximate surface area is 65.4 Å². The van der Waals surface area contributed by atoms with Gasteiger partial charge in [-0.2, -0.15) is 4.39 Å². The molecule has 0 fully saturated rings. The lowest BCUT2D eigenvalue weighted by molar-refractivity contribution is -0.122. The quantitative estimate of drug-likeness (QED) is 0.370. The van der Waals surface area contributed by atoms with E-state index in [1.54, 1.807) is 0 Å². The molecule has 0 aliphatic heterocycles. The number of phosphoric ester groups is 2. The van der Waals surface area contributed by atoms with Crippen molar-refractivity contribution >= 4 is 15.6 Å². The van der Waals surface area contributed by atoms with Crippen molar-refractivity contribution < 1.29 is 42.1 Å². The zero-order valence-electron chi connectivity index (χ0n) is 5.27. The maximum absolute atomic E-state index is 12.0. The molecule has 0 aliphatic rings. The molecule has 0 radical (unpaired) electrons. The highest BCUT2D eigenvalue weighted by molar-refractivity contribution is 7.47. The zero-order valence-corrected chi connectivity index (χ0v) is 7.06.